The van der Waals surface area contributed by atoms with Gasteiger partial charge < -0.3 is 5.11 Å². The first-order valence-electron chi connectivity index (χ1n) is 2.34. The van der Waals surface area contributed by atoms with Crippen molar-refractivity contribution in [3.8, 4) is 11.8 Å². The van der Waals surface area contributed by atoms with Crippen LogP contribution in [0.3, 0.4) is 0 Å². The van der Waals surface area contributed by atoms with Crippen molar-refractivity contribution in [2.24, 2.45) is 0 Å². The minimum absolute atomic E-state index is 0.189. The highest BCUT2D eigenvalue weighted by Crippen LogP contribution is 1.78. The number of carboxylic acids is 1. The van der Waals surface area contributed by atoms with Crippen LogP contribution < -0.4 is 0 Å². The largest absolute Gasteiger partial charge is 0.475 e. The lowest BCUT2D eigenvalue weighted by atomic mass is 10.3. The Kier molecular flexibility index (Phi) is 3.14. The summed E-state index contributed by atoms with van der Waals surface area (Å²) >= 11 is 0. The molecule has 9 heavy (non-hydrogen) atoms. The van der Waals surface area contributed by atoms with Crippen molar-refractivity contribution in [2.45, 2.75) is 13.3 Å². The van der Waals surface area contributed by atoms with Gasteiger partial charge in [0.05, 0.1) is 6.42 Å². The first-order valence-corrected chi connectivity index (χ1v) is 2.34. The molecule has 0 fully saturated rings. The summed E-state index contributed by atoms with van der Waals surface area (Å²) in [5.74, 6) is 2.49. The summed E-state index contributed by atoms with van der Waals surface area (Å²) in [4.78, 5) is 20.0. The van der Waals surface area contributed by atoms with Crippen molar-refractivity contribution in [3.63, 3.8) is 0 Å². The Labute approximate surface area is 52.7 Å². The SMILES string of the molecule is CC#CCC(=O)C(=O)O. The number of Topliss-reactive ketones (excluding diaryl/α,β-unsaturated/α-hetero) is 1. The lowest BCUT2D eigenvalue weighted by molar-refractivity contribution is -0.148. The van der Waals surface area contributed by atoms with E-state index in [1.54, 1.807) is 6.92 Å². The Morgan fingerprint density at radius 2 is 2.11 bits per heavy atom. The molecule has 3 nitrogen and oxygen atoms in total. The van der Waals surface area contributed by atoms with Crippen molar-refractivity contribution < 1.29 is 14.7 Å². The predicted molar refractivity (Wildman–Crippen MR) is 30.7 cm³/mol. The number of carbonyl (C=O) groups excluding carboxylic acids is 1. The van der Waals surface area contributed by atoms with Crippen LogP contribution >= 0.6 is 0 Å². The molecule has 0 radical (unpaired) electrons. The molecule has 0 spiro atoms. The molecule has 0 aliphatic rings. The molecule has 0 aromatic rings. The van der Waals surface area contributed by atoms with Gasteiger partial charge in [-0.2, -0.15) is 0 Å². The van der Waals surface area contributed by atoms with Gasteiger partial charge in [-0.1, -0.05) is 5.92 Å². The lowest BCUT2D eigenvalue weighted by Crippen LogP contribution is -2.10. The summed E-state index contributed by atoms with van der Waals surface area (Å²) in [6, 6.07) is 0. The highest BCUT2D eigenvalue weighted by atomic mass is 16.4. The highest BCUT2D eigenvalue weighted by molar-refractivity contribution is 6.33. The predicted octanol–water partition coefficient (Wildman–Crippen LogP) is 0.0535. The van der Waals surface area contributed by atoms with Crippen molar-refractivity contribution >= 4 is 11.8 Å². The van der Waals surface area contributed by atoms with Crippen LogP contribution in [0, 0.1) is 11.8 Å². The second kappa shape index (κ2) is 3.67. The van der Waals surface area contributed by atoms with Crippen molar-refractivity contribution in [3.05, 3.63) is 0 Å². The molecule has 0 aromatic heterocycles. The van der Waals surface area contributed by atoms with Crippen LogP contribution in [0.4, 0.5) is 0 Å². The second-order valence-electron chi connectivity index (χ2n) is 1.33. The van der Waals surface area contributed by atoms with Crippen molar-refractivity contribution in [1.29, 1.82) is 0 Å². The van der Waals surface area contributed by atoms with E-state index >= 15 is 0 Å². The van der Waals surface area contributed by atoms with Gasteiger partial charge in [0.25, 0.3) is 5.78 Å². The standard InChI is InChI=1S/C6H6O3/c1-2-3-4-5(7)6(8)9/h4H2,1H3,(H,8,9). The van der Waals surface area contributed by atoms with Crippen LogP contribution in [0.15, 0.2) is 0 Å². The van der Waals surface area contributed by atoms with Crippen LogP contribution in [-0.4, -0.2) is 16.9 Å². The van der Waals surface area contributed by atoms with Gasteiger partial charge in [-0.25, -0.2) is 4.79 Å². The minimum Gasteiger partial charge on any atom is -0.475 e. The van der Waals surface area contributed by atoms with Crippen LogP contribution in [-0.2, 0) is 9.59 Å². The van der Waals surface area contributed by atoms with E-state index in [0.29, 0.717) is 0 Å². The molecule has 0 rings (SSSR count). The van der Waals surface area contributed by atoms with Crippen LogP contribution in [0.5, 0.6) is 0 Å². The number of carbonyl (C=O) groups is 2. The quantitative estimate of drug-likeness (QED) is 0.420. The first-order chi connectivity index (χ1) is 4.18. The van der Waals surface area contributed by atoms with Gasteiger partial charge in [0.15, 0.2) is 0 Å². The molecule has 0 aliphatic heterocycles. The fraction of sp³-hybridized carbons (Fsp3) is 0.333. The monoisotopic (exact) mass is 126 g/mol. The molecule has 48 valence electrons. The number of hydrogen-bond acceptors (Lipinski definition) is 2. The Balaban J connectivity index is 3.74. The average molecular weight is 126 g/mol. The van der Waals surface area contributed by atoms with E-state index in [4.69, 9.17) is 5.11 Å². The molecule has 0 saturated heterocycles. The third-order valence-electron chi connectivity index (χ3n) is 0.664. The van der Waals surface area contributed by atoms with E-state index in [-0.39, 0.29) is 6.42 Å². The topological polar surface area (TPSA) is 54.4 Å². The molecule has 0 saturated carbocycles. The second-order valence-corrected chi connectivity index (χ2v) is 1.33. The highest BCUT2D eigenvalue weighted by Gasteiger charge is 2.07. The van der Waals surface area contributed by atoms with E-state index in [1.807, 2.05) is 0 Å². The van der Waals surface area contributed by atoms with Gasteiger partial charge in [-0.05, 0) is 6.92 Å². The normalized spacial score (nSPS) is 7.22. The summed E-state index contributed by atoms with van der Waals surface area (Å²) < 4.78 is 0. The summed E-state index contributed by atoms with van der Waals surface area (Å²) in [5, 5.41) is 7.99. The Morgan fingerprint density at radius 3 is 2.44 bits per heavy atom. The molecule has 0 amide bonds. The van der Waals surface area contributed by atoms with E-state index in [0.717, 1.165) is 0 Å². The fourth-order valence-electron chi connectivity index (χ4n) is 0.244. The number of rotatable bonds is 2. The summed E-state index contributed by atoms with van der Waals surface area (Å²) in [7, 11) is 0. The maximum absolute atomic E-state index is 10.2. The van der Waals surface area contributed by atoms with Crippen LogP contribution in [0.25, 0.3) is 0 Å². The molecule has 0 unspecified atom stereocenters. The van der Waals surface area contributed by atoms with Gasteiger partial charge in [-0.15, -0.1) is 5.92 Å². The molecule has 1 N–H and O–H groups in total. The molecule has 0 heterocycles. The molecule has 3 heteroatoms. The third-order valence-corrected chi connectivity index (χ3v) is 0.664. The molecular formula is C6H6O3. The lowest BCUT2D eigenvalue weighted by Gasteiger charge is -1.81. The summed E-state index contributed by atoms with van der Waals surface area (Å²) in [6.07, 6.45) is -0.189. The summed E-state index contributed by atoms with van der Waals surface area (Å²) in [5.41, 5.74) is 0. The Bertz CT molecular complexity index is 182. The van der Waals surface area contributed by atoms with Crippen LogP contribution in [0.1, 0.15) is 13.3 Å². The van der Waals surface area contributed by atoms with Gasteiger partial charge in [0.2, 0.25) is 0 Å². The molecule has 0 aliphatic carbocycles. The number of hydrogen-bond donors (Lipinski definition) is 1. The zero-order valence-corrected chi connectivity index (χ0v) is 4.97. The van der Waals surface area contributed by atoms with Crippen LogP contribution in [0.2, 0.25) is 0 Å². The van der Waals surface area contributed by atoms with E-state index in [2.05, 4.69) is 11.8 Å². The van der Waals surface area contributed by atoms with Gasteiger partial charge >= 0.3 is 5.97 Å². The molecule has 0 aromatic carbocycles. The first kappa shape index (κ1) is 7.70. The maximum atomic E-state index is 10.2. The van der Waals surface area contributed by atoms with E-state index in [1.165, 1.54) is 0 Å². The Hall–Kier alpha value is -1.30. The third kappa shape index (κ3) is 3.30. The zero-order chi connectivity index (χ0) is 7.28. The number of ketones is 1. The summed E-state index contributed by atoms with van der Waals surface area (Å²) in [6.45, 7) is 1.55. The average Bonchev–Trinajstić information content (AvgIpc) is 1.82. The number of aliphatic carboxylic acids is 1. The molecule has 0 atom stereocenters. The van der Waals surface area contributed by atoms with E-state index in [9.17, 15) is 9.59 Å². The Morgan fingerprint density at radius 1 is 1.56 bits per heavy atom. The molecular weight excluding hydrogens is 120 g/mol. The van der Waals surface area contributed by atoms with Gasteiger partial charge in [0, 0.05) is 0 Å². The maximum Gasteiger partial charge on any atom is 0.373 e. The van der Waals surface area contributed by atoms with Crippen molar-refractivity contribution in [2.75, 3.05) is 0 Å². The minimum atomic E-state index is -1.42. The zero-order valence-electron chi connectivity index (χ0n) is 4.97. The molecule has 0 bridgehead atoms. The van der Waals surface area contributed by atoms with E-state index < -0.39 is 11.8 Å². The smallest absolute Gasteiger partial charge is 0.373 e. The van der Waals surface area contributed by atoms with Gasteiger partial charge in [-0.3, -0.25) is 4.79 Å². The fourth-order valence-corrected chi connectivity index (χ4v) is 0.244. The van der Waals surface area contributed by atoms with Crippen molar-refractivity contribution in [1.82, 2.24) is 0 Å². The number of carboxylic acid groups (broad SMARTS) is 1. The van der Waals surface area contributed by atoms with Gasteiger partial charge in [0.1, 0.15) is 0 Å².